The minimum Gasteiger partial charge on any atom is -0.330 e. The highest BCUT2D eigenvalue weighted by Gasteiger charge is 2.06. The quantitative estimate of drug-likeness (QED) is 0.849. The van der Waals surface area contributed by atoms with Gasteiger partial charge in [-0.2, -0.15) is 0 Å². The minimum atomic E-state index is -0.0639. The Hall–Kier alpha value is -2.14. The summed E-state index contributed by atoms with van der Waals surface area (Å²) in [6.45, 7) is 2.78. The molecule has 0 fully saturated rings. The Morgan fingerprint density at radius 3 is 2.95 bits per heavy atom. The number of anilines is 1. The molecule has 0 unspecified atom stereocenters. The summed E-state index contributed by atoms with van der Waals surface area (Å²) in [5.41, 5.74) is 8.26. The molecule has 0 aliphatic heterocycles. The van der Waals surface area contributed by atoms with Crippen LogP contribution in [0.25, 0.3) is 0 Å². The molecule has 0 spiro atoms. The van der Waals surface area contributed by atoms with E-state index in [9.17, 15) is 4.79 Å². The highest BCUT2D eigenvalue weighted by Crippen LogP contribution is 2.13. The molecule has 0 atom stereocenters. The van der Waals surface area contributed by atoms with Crippen LogP contribution < -0.4 is 11.1 Å². The zero-order valence-electron chi connectivity index (χ0n) is 11.0. The number of benzene rings is 1. The van der Waals surface area contributed by atoms with Crippen LogP contribution in [0.5, 0.6) is 0 Å². The molecule has 2 rings (SSSR count). The normalized spacial score (nSPS) is 10.4. The topological polar surface area (TPSA) is 72.9 Å². The van der Waals surface area contributed by atoms with Gasteiger partial charge in [0.1, 0.15) is 6.54 Å². The lowest BCUT2D eigenvalue weighted by molar-refractivity contribution is -0.116. The average molecular weight is 258 g/mol. The predicted molar refractivity (Wildman–Crippen MR) is 74.8 cm³/mol. The van der Waals surface area contributed by atoms with Crippen molar-refractivity contribution in [2.45, 2.75) is 19.9 Å². The molecule has 5 nitrogen and oxygen atoms in total. The number of para-hydroxylation sites is 1. The SMILES string of the molecule is Cc1ccccc1NC(=O)Cn1cnc(CCN)c1. The third-order valence-electron chi connectivity index (χ3n) is 2.83. The van der Waals surface area contributed by atoms with Gasteiger partial charge in [-0.3, -0.25) is 4.79 Å². The van der Waals surface area contributed by atoms with Crippen molar-refractivity contribution in [3.63, 3.8) is 0 Å². The van der Waals surface area contributed by atoms with Crippen molar-refractivity contribution in [3.05, 3.63) is 48.0 Å². The first-order valence-electron chi connectivity index (χ1n) is 6.25. The molecular weight excluding hydrogens is 240 g/mol. The van der Waals surface area contributed by atoms with Crippen LogP contribution in [0.2, 0.25) is 0 Å². The summed E-state index contributed by atoms with van der Waals surface area (Å²) < 4.78 is 1.76. The van der Waals surface area contributed by atoms with E-state index >= 15 is 0 Å². The van der Waals surface area contributed by atoms with E-state index in [1.165, 1.54) is 0 Å². The van der Waals surface area contributed by atoms with Gasteiger partial charge >= 0.3 is 0 Å². The summed E-state index contributed by atoms with van der Waals surface area (Å²) in [5, 5.41) is 2.89. The smallest absolute Gasteiger partial charge is 0.244 e. The van der Waals surface area contributed by atoms with Crippen LogP contribution in [0.1, 0.15) is 11.3 Å². The van der Waals surface area contributed by atoms with Crippen LogP contribution in [0.3, 0.4) is 0 Å². The van der Waals surface area contributed by atoms with Crippen LogP contribution in [-0.2, 0) is 17.8 Å². The van der Waals surface area contributed by atoms with Crippen LogP contribution >= 0.6 is 0 Å². The number of carbonyl (C=O) groups excluding carboxylic acids is 1. The van der Waals surface area contributed by atoms with Crippen molar-refractivity contribution in [2.75, 3.05) is 11.9 Å². The first kappa shape index (κ1) is 13.3. The summed E-state index contributed by atoms with van der Waals surface area (Å²) in [7, 11) is 0. The summed E-state index contributed by atoms with van der Waals surface area (Å²) in [4.78, 5) is 16.1. The maximum atomic E-state index is 11.9. The molecule has 3 N–H and O–H groups in total. The van der Waals surface area contributed by atoms with Gasteiger partial charge < -0.3 is 15.6 Å². The molecule has 1 aromatic carbocycles. The number of imidazole rings is 1. The second kappa shape index (κ2) is 6.15. The van der Waals surface area contributed by atoms with E-state index in [0.29, 0.717) is 6.54 Å². The number of aromatic nitrogens is 2. The first-order valence-corrected chi connectivity index (χ1v) is 6.25. The molecule has 0 saturated heterocycles. The highest BCUT2D eigenvalue weighted by molar-refractivity contribution is 5.91. The predicted octanol–water partition coefficient (Wildman–Crippen LogP) is 1.33. The third kappa shape index (κ3) is 3.66. The van der Waals surface area contributed by atoms with E-state index in [2.05, 4.69) is 10.3 Å². The molecule has 100 valence electrons. The maximum Gasteiger partial charge on any atom is 0.244 e. The van der Waals surface area contributed by atoms with Crippen molar-refractivity contribution in [1.82, 2.24) is 9.55 Å². The number of carbonyl (C=O) groups is 1. The van der Waals surface area contributed by atoms with Crippen molar-refractivity contribution < 1.29 is 4.79 Å². The van der Waals surface area contributed by atoms with Gasteiger partial charge in [0, 0.05) is 18.3 Å². The Bertz CT molecular complexity index is 562. The molecule has 0 bridgehead atoms. The summed E-state index contributed by atoms with van der Waals surface area (Å²) in [6.07, 6.45) is 4.24. The van der Waals surface area contributed by atoms with Gasteiger partial charge in [0.05, 0.1) is 12.0 Å². The molecule has 0 aliphatic rings. The Labute approximate surface area is 112 Å². The van der Waals surface area contributed by atoms with Crippen LogP contribution in [0.4, 0.5) is 5.69 Å². The van der Waals surface area contributed by atoms with E-state index in [4.69, 9.17) is 5.73 Å². The second-order valence-electron chi connectivity index (χ2n) is 4.44. The molecule has 1 amide bonds. The summed E-state index contributed by atoms with van der Waals surface area (Å²) in [6, 6.07) is 7.70. The van der Waals surface area contributed by atoms with Crippen molar-refractivity contribution in [2.24, 2.45) is 5.73 Å². The molecule has 0 saturated carbocycles. The molecule has 19 heavy (non-hydrogen) atoms. The molecule has 1 heterocycles. The fraction of sp³-hybridized carbons (Fsp3) is 0.286. The fourth-order valence-electron chi connectivity index (χ4n) is 1.84. The Kier molecular flexibility index (Phi) is 4.30. The van der Waals surface area contributed by atoms with Crippen LogP contribution in [0.15, 0.2) is 36.8 Å². The third-order valence-corrected chi connectivity index (χ3v) is 2.83. The maximum absolute atomic E-state index is 11.9. The monoisotopic (exact) mass is 258 g/mol. The number of nitrogens with two attached hydrogens (primary N) is 1. The van der Waals surface area contributed by atoms with Crippen LogP contribution in [0, 0.1) is 6.92 Å². The second-order valence-corrected chi connectivity index (χ2v) is 4.44. The standard InChI is InChI=1S/C14H18N4O/c1-11-4-2-3-5-13(11)17-14(19)9-18-8-12(6-7-15)16-10-18/h2-5,8,10H,6-7,9,15H2,1H3,(H,17,19). The van der Waals surface area contributed by atoms with Gasteiger partial charge in [0.2, 0.25) is 5.91 Å². The highest BCUT2D eigenvalue weighted by atomic mass is 16.1. The average Bonchev–Trinajstić information content (AvgIpc) is 2.80. The number of nitrogens with zero attached hydrogens (tertiary/aromatic N) is 2. The Morgan fingerprint density at radius 2 is 2.21 bits per heavy atom. The molecule has 5 heteroatoms. The van der Waals surface area contributed by atoms with Gasteiger partial charge in [-0.1, -0.05) is 18.2 Å². The summed E-state index contributed by atoms with van der Waals surface area (Å²) >= 11 is 0. The summed E-state index contributed by atoms with van der Waals surface area (Å²) in [5.74, 6) is -0.0639. The van der Waals surface area contributed by atoms with Crippen molar-refractivity contribution in [1.29, 1.82) is 0 Å². The lowest BCUT2D eigenvalue weighted by Gasteiger charge is -2.08. The lowest BCUT2D eigenvalue weighted by atomic mass is 10.2. The van der Waals surface area contributed by atoms with Crippen LogP contribution in [-0.4, -0.2) is 22.0 Å². The molecular formula is C14H18N4O. The van der Waals surface area contributed by atoms with Crippen molar-refractivity contribution in [3.8, 4) is 0 Å². The zero-order chi connectivity index (χ0) is 13.7. The Morgan fingerprint density at radius 1 is 1.42 bits per heavy atom. The lowest BCUT2D eigenvalue weighted by Crippen LogP contribution is -2.18. The number of aryl methyl sites for hydroxylation is 1. The zero-order valence-corrected chi connectivity index (χ0v) is 11.0. The molecule has 0 aliphatic carbocycles. The number of hydrogen-bond donors (Lipinski definition) is 2. The molecule has 0 radical (unpaired) electrons. The Balaban J connectivity index is 1.95. The largest absolute Gasteiger partial charge is 0.330 e. The van der Waals surface area contributed by atoms with Gasteiger partial charge in [-0.15, -0.1) is 0 Å². The van der Waals surface area contributed by atoms with E-state index in [1.54, 1.807) is 10.9 Å². The van der Waals surface area contributed by atoms with Gasteiger partial charge in [0.15, 0.2) is 0 Å². The van der Waals surface area contributed by atoms with E-state index in [-0.39, 0.29) is 12.5 Å². The molecule has 2 aromatic rings. The van der Waals surface area contributed by atoms with Crippen molar-refractivity contribution >= 4 is 11.6 Å². The number of nitrogens with one attached hydrogen (secondary N) is 1. The first-order chi connectivity index (χ1) is 9.19. The number of amides is 1. The fourth-order valence-corrected chi connectivity index (χ4v) is 1.84. The van der Waals surface area contributed by atoms with Gasteiger partial charge in [0.25, 0.3) is 0 Å². The minimum absolute atomic E-state index is 0.0639. The van der Waals surface area contributed by atoms with E-state index in [1.807, 2.05) is 37.4 Å². The van der Waals surface area contributed by atoms with E-state index in [0.717, 1.165) is 23.4 Å². The molecule has 1 aromatic heterocycles. The van der Waals surface area contributed by atoms with Gasteiger partial charge in [-0.25, -0.2) is 4.98 Å². The van der Waals surface area contributed by atoms with E-state index < -0.39 is 0 Å². The number of rotatable bonds is 5. The van der Waals surface area contributed by atoms with Gasteiger partial charge in [-0.05, 0) is 25.1 Å². The number of hydrogen-bond acceptors (Lipinski definition) is 3.